The van der Waals surface area contributed by atoms with Crippen LogP contribution in [0.5, 0.6) is 0 Å². The second-order valence-electron chi connectivity index (χ2n) is 6.59. The molecule has 0 fully saturated rings. The number of fused-ring (bicyclic) bond motifs is 1. The van der Waals surface area contributed by atoms with E-state index in [1.54, 1.807) is 25.1 Å². The number of hydrogen-bond acceptors (Lipinski definition) is 4. The summed E-state index contributed by atoms with van der Waals surface area (Å²) in [5.74, 6) is -0.238. The summed E-state index contributed by atoms with van der Waals surface area (Å²) < 4.78 is 1.80. The predicted octanol–water partition coefficient (Wildman–Crippen LogP) is 2.61. The highest BCUT2D eigenvalue weighted by atomic mass is 32.1. The third kappa shape index (κ3) is 3.99. The van der Waals surface area contributed by atoms with Gasteiger partial charge < -0.3 is 15.4 Å². The van der Waals surface area contributed by atoms with Crippen LogP contribution in [0.4, 0.5) is 0 Å². The van der Waals surface area contributed by atoms with E-state index in [0.717, 1.165) is 6.42 Å². The topological polar surface area (TPSA) is 87.1 Å². The molecule has 0 spiro atoms. The molecule has 0 aliphatic heterocycles. The van der Waals surface area contributed by atoms with E-state index in [0.29, 0.717) is 27.8 Å². The van der Waals surface area contributed by atoms with Gasteiger partial charge in [0.2, 0.25) is 0 Å². The van der Waals surface area contributed by atoms with Crippen LogP contribution in [0.25, 0.3) is 10.9 Å². The zero-order chi connectivity index (χ0) is 18.8. The van der Waals surface area contributed by atoms with E-state index in [1.165, 1.54) is 4.57 Å². The van der Waals surface area contributed by atoms with Crippen LogP contribution in [0.15, 0.2) is 23.0 Å². The number of benzene rings is 1. The molecule has 0 aliphatic carbocycles. The van der Waals surface area contributed by atoms with Crippen molar-refractivity contribution in [3.63, 3.8) is 0 Å². The molecule has 2 rings (SSSR count). The van der Waals surface area contributed by atoms with Gasteiger partial charge in [0.25, 0.3) is 11.5 Å². The first kappa shape index (κ1) is 19.3. The van der Waals surface area contributed by atoms with Gasteiger partial charge in [0.1, 0.15) is 0 Å². The summed E-state index contributed by atoms with van der Waals surface area (Å²) >= 11 is 5.19. The molecule has 6 nitrogen and oxygen atoms in total. The van der Waals surface area contributed by atoms with E-state index in [-0.39, 0.29) is 23.9 Å². The normalized spacial score (nSPS) is 14.9. The van der Waals surface area contributed by atoms with Gasteiger partial charge in [0.05, 0.1) is 16.5 Å². The predicted molar refractivity (Wildman–Crippen MR) is 101 cm³/mol. The van der Waals surface area contributed by atoms with Crippen molar-refractivity contribution in [2.75, 3.05) is 6.54 Å². The van der Waals surface area contributed by atoms with E-state index in [2.05, 4.69) is 10.3 Å². The molecule has 7 heteroatoms. The molecule has 1 amide bonds. The number of nitrogens with one attached hydrogen (secondary N) is 2. The Labute approximate surface area is 151 Å². The fourth-order valence-corrected chi connectivity index (χ4v) is 2.98. The molecule has 3 N–H and O–H groups in total. The van der Waals surface area contributed by atoms with E-state index < -0.39 is 5.60 Å². The van der Waals surface area contributed by atoms with Gasteiger partial charge in [0.15, 0.2) is 4.77 Å². The Balaban J connectivity index is 2.29. The van der Waals surface area contributed by atoms with Crippen molar-refractivity contribution in [2.24, 2.45) is 5.92 Å². The fourth-order valence-electron chi connectivity index (χ4n) is 2.66. The lowest BCUT2D eigenvalue weighted by Gasteiger charge is -2.29. The minimum Gasteiger partial charge on any atom is -0.388 e. The highest BCUT2D eigenvalue weighted by molar-refractivity contribution is 7.71. The lowest BCUT2D eigenvalue weighted by molar-refractivity contribution is 0.00593. The molecule has 0 bridgehead atoms. The maximum Gasteiger partial charge on any atom is 0.262 e. The second kappa shape index (κ2) is 7.49. The van der Waals surface area contributed by atoms with Crippen LogP contribution in [-0.2, 0) is 6.54 Å². The van der Waals surface area contributed by atoms with Crippen molar-refractivity contribution in [3.05, 3.63) is 38.9 Å². The Morgan fingerprint density at radius 3 is 2.72 bits per heavy atom. The van der Waals surface area contributed by atoms with Gasteiger partial charge in [-0.3, -0.25) is 14.2 Å². The van der Waals surface area contributed by atoms with Crippen LogP contribution < -0.4 is 10.9 Å². The lowest BCUT2D eigenvalue weighted by Crippen LogP contribution is -2.45. The second-order valence-corrected chi connectivity index (χ2v) is 6.98. The molecule has 2 aromatic rings. The first-order chi connectivity index (χ1) is 11.7. The number of rotatable bonds is 6. The molecule has 0 saturated carbocycles. The molecule has 1 aromatic heterocycles. The van der Waals surface area contributed by atoms with Crippen molar-refractivity contribution in [1.29, 1.82) is 0 Å². The highest BCUT2D eigenvalue weighted by Gasteiger charge is 2.27. The Kier molecular flexibility index (Phi) is 5.80. The molecular weight excluding hydrogens is 338 g/mol. The molecule has 25 heavy (non-hydrogen) atoms. The third-order valence-electron chi connectivity index (χ3n) is 4.84. The molecule has 0 aliphatic rings. The Morgan fingerprint density at radius 1 is 1.44 bits per heavy atom. The smallest absolute Gasteiger partial charge is 0.262 e. The molecule has 2 atom stereocenters. The quantitative estimate of drug-likeness (QED) is 0.689. The van der Waals surface area contributed by atoms with E-state index in [4.69, 9.17) is 12.2 Å². The van der Waals surface area contributed by atoms with Gasteiger partial charge in [0, 0.05) is 18.7 Å². The van der Waals surface area contributed by atoms with E-state index >= 15 is 0 Å². The Hall–Kier alpha value is -1.99. The number of carbonyl (C=O) groups excluding carboxylic acids is 1. The van der Waals surface area contributed by atoms with Crippen LogP contribution >= 0.6 is 12.2 Å². The zero-order valence-electron chi connectivity index (χ0n) is 15.0. The maximum absolute atomic E-state index is 12.4. The zero-order valence-corrected chi connectivity index (χ0v) is 15.9. The third-order valence-corrected chi connectivity index (χ3v) is 5.16. The number of aromatic nitrogens is 2. The average molecular weight is 363 g/mol. The lowest BCUT2D eigenvalue weighted by atomic mass is 9.88. The summed E-state index contributed by atoms with van der Waals surface area (Å²) in [4.78, 5) is 27.8. The van der Waals surface area contributed by atoms with Crippen LogP contribution in [0.1, 0.15) is 44.5 Å². The molecule has 0 unspecified atom stereocenters. The average Bonchev–Trinajstić information content (AvgIpc) is 2.58. The minimum atomic E-state index is -0.976. The van der Waals surface area contributed by atoms with Crippen LogP contribution in [0.2, 0.25) is 0 Å². The van der Waals surface area contributed by atoms with Crippen LogP contribution in [0.3, 0.4) is 0 Å². The van der Waals surface area contributed by atoms with Crippen molar-refractivity contribution in [1.82, 2.24) is 14.9 Å². The Bertz CT molecular complexity index is 899. The van der Waals surface area contributed by atoms with Gasteiger partial charge in [-0.15, -0.1) is 0 Å². The summed E-state index contributed by atoms with van der Waals surface area (Å²) in [6.45, 7) is 8.15. The fraction of sp³-hybridized carbons (Fsp3) is 0.500. The number of amides is 1. The first-order valence-corrected chi connectivity index (χ1v) is 8.89. The maximum atomic E-state index is 12.4. The number of hydrogen-bond donors (Lipinski definition) is 3. The summed E-state index contributed by atoms with van der Waals surface area (Å²) in [6, 6.07) is 4.84. The summed E-state index contributed by atoms with van der Waals surface area (Å²) in [6.07, 6.45) is 0.819. The number of nitrogens with zero attached hydrogens (tertiary/aromatic N) is 1. The Morgan fingerprint density at radius 2 is 2.12 bits per heavy atom. The summed E-state index contributed by atoms with van der Waals surface area (Å²) in [5, 5.41) is 13.6. The van der Waals surface area contributed by atoms with Crippen molar-refractivity contribution < 1.29 is 9.90 Å². The van der Waals surface area contributed by atoms with Crippen molar-refractivity contribution >= 4 is 29.0 Å². The first-order valence-electron chi connectivity index (χ1n) is 8.48. The van der Waals surface area contributed by atoms with Crippen LogP contribution in [0, 0.1) is 10.7 Å². The van der Waals surface area contributed by atoms with Gasteiger partial charge in [-0.05, 0) is 50.2 Å². The number of H-pyrrole nitrogens is 1. The van der Waals surface area contributed by atoms with Gasteiger partial charge in [-0.25, -0.2) is 0 Å². The highest BCUT2D eigenvalue weighted by Crippen LogP contribution is 2.19. The largest absolute Gasteiger partial charge is 0.388 e. The number of aromatic amines is 1. The monoisotopic (exact) mass is 363 g/mol. The van der Waals surface area contributed by atoms with Crippen molar-refractivity contribution in [2.45, 2.75) is 46.3 Å². The number of carbonyl (C=O) groups is 1. The molecule has 1 heterocycles. The van der Waals surface area contributed by atoms with Crippen LogP contribution in [-0.4, -0.2) is 32.7 Å². The molecular formula is C18H25N3O3S. The standard InChI is InChI=1S/C18H25N3O3S/c1-5-11(3)18(4,24)10-19-15(22)12-7-8-13-14(9-12)20-17(25)21(6-2)16(13)23/h7-9,11,24H,5-6,10H2,1-4H3,(H,19,22)(H,20,25)/t11-,18+/m1/s1. The summed E-state index contributed by atoms with van der Waals surface area (Å²) in [5.41, 5.74) is -0.212. The van der Waals surface area contributed by atoms with E-state index in [1.807, 2.05) is 20.8 Å². The van der Waals surface area contributed by atoms with Crippen molar-refractivity contribution in [3.8, 4) is 0 Å². The molecule has 0 radical (unpaired) electrons. The van der Waals surface area contributed by atoms with Gasteiger partial charge in [-0.1, -0.05) is 20.3 Å². The number of aliphatic hydroxyl groups is 1. The van der Waals surface area contributed by atoms with E-state index in [9.17, 15) is 14.7 Å². The SMILES string of the molecule is CC[C@@H](C)[C@@](C)(O)CNC(=O)c1ccc2c(=O)n(CC)c(=S)[nH]c2c1. The molecule has 1 aromatic carbocycles. The molecule has 0 saturated heterocycles. The minimum absolute atomic E-state index is 0.0630. The van der Waals surface area contributed by atoms with Gasteiger partial charge >= 0.3 is 0 Å². The van der Waals surface area contributed by atoms with Gasteiger partial charge in [-0.2, -0.15) is 0 Å². The summed E-state index contributed by atoms with van der Waals surface area (Å²) in [7, 11) is 0. The molecule has 136 valence electrons.